The van der Waals surface area contributed by atoms with E-state index in [1.807, 2.05) is 30.3 Å². The van der Waals surface area contributed by atoms with Gasteiger partial charge in [-0.2, -0.15) is 0 Å². The Morgan fingerprint density at radius 1 is 0.731 bits per heavy atom. The lowest BCUT2D eigenvalue weighted by Crippen LogP contribution is -2.15. The summed E-state index contributed by atoms with van der Waals surface area (Å²) in [5.41, 5.74) is 0.294. The summed E-state index contributed by atoms with van der Waals surface area (Å²) in [7, 11) is 1.19. The molecule has 0 heterocycles. The fourth-order valence-electron chi connectivity index (χ4n) is 2.37. The largest absolute Gasteiger partial charge is 0.494 e. The van der Waals surface area contributed by atoms with E-state index in [-0.39, 0.29) is 0 Å². The van der Waals surface area contributed by atoms with Crippen molar-refractivity contribution in [3.05, 3.63) is 60.2 Å². The second-order valence-electron chi connectivity index (χ2n) is 5.77. The van der Waals surface area contributed by atoms with Crippen molar-refractivity contribution >= 4 is 11.8 Å². The predicted molar refractivity (Wildman–Crippen MR) is 98.7 cm³/mol. The molecule has 0 aliphatic carbocycles. The van der Waals surface area contributed by atoms with Crippen molar-refractivity contribution in [1.82, 2.24) is 0 Å². The van der Waals surface area contributed by atoms with Gasteiger partial charge in [-0.05, 0) is 62.1 Å². The molecular formula is C21H24O5. The first-order chi connectivity index (χ1) is 12.7. The lowest BCUT2D eigenvalue weighted by atomic mass is 10.1. The topological polar surface area (TPSA) is 61.8 Å². The van der Waals surface area contributed by atoms with Gasteiger partial charge in [0, 0.05) is 5.56 Å². The first-order valence-corrected chi connectivity index (χ1v) is 8.74. The third kappa shape index (κ3) is 6.59. The van der Waals surface area contributed by atoms with E-state index in [0.29, 0.717) is 17.9 Å². The molecule has 0 saturated carbocycles. The minimum atomic E-state index is -0.866. The Hall–Kier alpha value is -2.82. The number of carbonyl (C=O) groups is 2. The summed E-state index contributed by atoms with van der Waals surface area (Å²) in [5.74, 6) is 0.0653. The van der Waals surface area contributed by atoms with Crippen molar-refractivity contribution in [2.24, 2.45) is 0 Å². The molecule has 0 fully saturated rings. The lowest BCUT2D eigenvalue weighted by Gasteiger charge is -2.07. The van der Waals surface area contributed by atoms with Crippen LogP contribution in [0.5, 0.6) is 11.5 Å². The second-order valence-corrected chi connectivity index (χ2v) is 5.77. The molecule has 0 aliphatic rings. The van der Waals surface area contributed by atoms with E-state index >= 15 is 0 Å². The molecule has 5 nitrogen and oxygen atoms in total. The third-order valence-corrected chi connectivity index (χ3v) is 3.81. The highest BCUT2D eigenvalue weighted by Crippen LogP contribution is 2.14. The number of Topliss-reactive ketones (excluding diaryl/α,β-unsaturated/α-hetero) is 1. The minimum absolute atomic E-state index is 0.294. The van der Waals surface area contributed by atoms with E-state index in [1.165, 1.54) is 7.11 Å². The number of hydrogen-bond donors (Lipinski definition) is 0. The highest BCUT2D eigenvalue weighted by molar-refractivity contribution is 6.40. The van der Waals surface area contributed by atoms with Crippen molar-refractivity contribution in [1.29, 1.82) is 0 Å². The van der Waals surface area contributed by atoms with Crippen LogP contribution in [0.3, 0.4) is 0 Å². The number of rotatable bonds is 11. The number of benzene rings is 2. The Bertz CT molecular complexity index is 679. The zero-order valence-corrected chi connectivity index (χ0v) is 15.0. The van der Waals surface area contributed by atoms with E-state index in [4.69, 9.17) is 9.47 Å². The molecule has 2 aromatic rings. The van der Waals surface area contributed by atoms with Crippen LogP contribution < -0.4 is 9.47 Å². The van der Waals surface area contributed by atoms with Crippen molar-refractivity contribution < 1.29 is 23.8 Å². The van der Waals surface area contributed by atoms with Crippen LogP contribution in [0.25, 0.3) is 0 Å². The zero-order chi connectivity index (χ0) is 18.6. The first-order valence-electron chi connectivity index (χ1n) is 8.74. The number of para-hydroxylation sites is 1. The number of esters is 1. The van der Waals surface area contributed by atoms with Crippen molar-refractivity contribution in [2.75, 3.05) is 20.3 Å². The van der Waals surface area contributed by atoms with Crippen molar-refractivity contribution in [3.63, 3.8) is 0 Å². The van der Waals surface area contributed by atoms with Gasteiger partial charge in [-0.15, -0.1) is 0 Å². The zero-order valence-electron chi connectivity index (χ0n) is 15.0. The van der Waals surface area contributed by atoms with Crippen molar-refractivity contribution in [3.8, 4) is 11.5 Å². The minimum Gasteiger partial charge on any atom is -0.494 e. The molecule has 0 unspecified atom stereocenters. The van der Waals surface area contributed by atoms with E-state index < -0.39 is 11.8 Å². The van der Waals surface area contributed by atoms with E-state index in [1.54, 1.807) is 24.3 Å². The average Bonchev–Trinajstić information content (AvgIpc) is 2.70. The van der Waals surface area contributed by atoms with Crippen molar-refractivity contribution in [2.45, 2.75) is 25.7 Å². The monoisotopic (exact) mass is 356 g/mol. The Labute approximate surface area is 153 Å². The van der Waals surface area contributed by atoms with Gasteiger partial charge in [0.2, 0.25) is 0 Å². The van der Waals surface area contributed by atoms with Gasteiger partial charge in [0.1, 0.15) is 11.5 Å². The second kappa shape index (κ2) is 10.9. The van der Waals surface area contributed by atoms with E-state index in [9.17, 15) is 9.59 Å². The summed E-state index contributed by atoms with van der Waals surface area (Å²) in [5, 5.41) is 0. The maximum absolute atomic E-state index is 11.6. The number of ether oxygens (including phenoxy) is 3. The standard InChI is InChI=1S/C21H24O5/c1-24-21(23)20(22)17-11-13-19(14-12-17)26-16-8-3-2-7-15-25-18-9-5-4-6-10-18/h4-6,9-14H,2-3,7-8,15-16H2,1H3. The molecule has 0 saturated heterocycles. The number of methoxy groups -OCH3 is 1. The average molecular weight is 356 g/mol. The van der Waals surface area contributed by atoms with Gasteiger partial charge in [0.25, 0.3) is 5.78 Å². The lowest BCUT2D eigenvalue weighted by molar-refractivity contribution is -0.135. The van der Waals surface area contributed by atoms with Gasteiger partial charge < -0.3 is 14.2 Å². The molecule has 0 radical (unpaired) electrons. The quantitative estimate of drug-likeness (QED) is 0.263. The van der Waals surface area contributed by atoms with Crippen LogP contribution in [-0.4, -0.2) is 32.1 Å². The fraction of sp³-hybridized carbons (Fsp3) is 0.333. The molecule has 0 aliphatic heterocycles. The van der Waals surface area contributed by atoms with E-state index in [0.717, 1.165) is 38.0 Å². The SMILES string of the molecule is COC(=O)C(=O)c1ccc(OCCCCCCOc2ccccc2)cc1. The Balaban J connectivity index is 1.55. The number of hydrogen-bond acceptors (Lipinski definition) is 5. The van der Waals surface area contributed by atoms with Crippen LogP contribution in [0.4, 0.5) is 0 Å². The summed E-state index contributed by atoms with van der Waals surface area (Å²) >= 11 is 0. The molecule has 0 aromatic heterocycles. The summed E-state index contributed by atoms with van der Waals surface area (Å²) in [6.07, 6.45) is 4.12. The van der Waals surface area contributed by atoms with Gasteiger partial charge in [-0.25, -0.2) is 4.79 Å². The molecule has 138 valence electrons. The summed E-state index contributed by atoms with van der Waals surface area (Å²) in [6, 6.07) is 16.3. The molecule has 0 amide bonds. The van der Waals surface area contributed by atoms with Gasteiger partial charge in [-0.1, -0.05) is 18.2 Å². The molecule has 5 heteroatoms. The highest BCUT2D eigenvalue weighted by atomic mass is 16.5. The predicted octanol–water partition coefficient (Wildman–Crippen LogP) is 4.06. The molecule has 26 heavy (non-hydrogen) atoms. The summed E-state index contributed by atoms with van der Waals surface area (Å²) in [6.45, 7) is 1.34. The molecule has 0 atom stereocenters. The van der Waals surface area contributed by atoms with E-state index in [2.05, 4.69) is 4.74 Å². The Morgan fingerprint density at radius 2 is 1.27 bits per heavy atom. The van der Waals surface area contributed by atoms with Gasteiger partial charge in [0.15, 0.2) is 0 Å². The first kappa shape index (κ1) is 19.5. The van der Waals surface area contributed by atoms with Crippen LogP contribution in [-0.2, 0) is 9.53 Å². The number of unbranched alkanes of at least 4 members (excludes halogenated alkanes) is 3. The van der Waals surface area contributed by atoms with Gasteiger partial charge >= 0.3 is 5.97 Å². The van der Waals surface area contributed by atoms with Crippen LogP contribution in [0.2, 0.25) is 0 Å². The van der Waals surface area contributed by atoms with Crippen LogP contribution in [0, 0.1) is 0 Å². The molecule has 2 aromatic carbocycles. The molecule has 0 N–H and O–H groups in total. The van der Waals surface area contributed by atoms with Gasteiger partial charge in [0.05, 0.1) is 20.3 Å². The maximum atomic E-state index is 11.6. The Kier molecular flexibility index (Phi) is 8.19. The molecular weight excluding hydrogens is 332 g/mol. The number of carbonyl (C=O) groups excluding carboxylic acids is 2. The van der Waals surface area contributed by atoms with Gasteiger partial charge in [-0.3, -0.25) is 4.79 Å². The molecule has 0 bridgehead atoms. The smallest absolute Gasteiger partial charge is 0.379 e. The van der Waals surface area contributed by atoms with Crippen LogP contribution in [0.1, 0.15) is 36.0 Å². The summed E-state index contributed by atoms with van der Waals surface area (Å²) < 4.78 is 15.7. The fourth-order valence-corrected chi connectivity index (χ4v) is 2.37. The normalized spacial score (nSPS) is 10.2. The van der Waals surface area contributed by atoms with Crippen LogP contribution in [0.15, 0.2) is 54.6 Å². The molecule has 0 spiro atoms. The summed E-state index contributed by atoms with van der Waals surface area (Å²) in [4.78, 5) is 22.8. The highest BCUT2D eigenvalue weighted by Gasteiger charge is 2.16. The Morgan fingerprint density at radius 3 is 1.81 bits per heavy atom. The number of ketones is 1. The van der Waals surface area contributed by atoms with Crippen LogP contribution >= 0.6 is 0 Å². The molecule has 2 rings (SSSR count). The third-order valence-electron chi connectivity index (χ3n) is 3.81. The maximum Gasteiger partial charge on any atom is 0.379 e.